The molecule has 2 N–H and O–H groups in total. The minimum atomic E-state index is -0.307. The number of aliphatic hydroxyl groups excluding tert-OH is 1. The summed E-state index contributed by atoms with van der Waals surface area (Å²) in [4.78, 5) is 15.8. The molecule has 0 saturated heterocycles. The van der Waals surface area contributed by atoms with E-state index in [0.717, 1.165) is 5.69 Å². The number of aliphatic hydroxyl groups is 1. The molecular formula is C11H15ClN2O2. The second-order valence-electron chi connectivity index (χ2n) is 3.57. The summed E-state index contributed by atoms with van der Waals surface area (Å²) in [5.41, 5.74) is 1.09. The van der Waals surface area contributed by atoms with Crippen molar-refractivity contribution in [3.63, 3.8) is 0 Å². The molecular weight excluding hydrogens is 228 g/mol. The van der Waals surface area contributed by atoms with Crippen LogP contribution in [-0.4, -0.2) is 28.6 Å². The third-order valence-corrected chi connectivity index (χ3v) is 2.60. The third-order valence-electron chi connectivity index (χ3n) is 2.28. The molecule has 5 heteroatoms. The molecule has 16 heavy (non-hydrogen) atoms. The second kappa shape index (κ2) is 5.82. The van der Waals surface area contributed by atoms with Crippen molar-refractivity contribution in [1.29, 1.82) is 0 Å². The Bertz CT molecular complexity index is 378. The minimum Gasteiger partial charge on any atom is -0.394 e. The van der Waals surface area contributed by atoms with Gasteiger partial charge in [-0.2, -0.15) is 0 Å². The van der Waals surface area contributed by atoms with Crippen LogP contribution in [0.1, 0.15) is 29.4 Å². The number of halogens is 1. The first-order chi connectivity index (χ1) is 7.58. The van der Waals surface area contributed by atoms with Gasteiger partial charge in [-0.15, -0.1) is 0 Å². The van der Waals surface area contributed by atoms with E-state index in [9.17, 15) is 4.79 Å². The Labute approximate surface area is 99.6 Å². The number of amides is 1. The Kier molecular flexibility index (Phi) is 4.71. The average molecular weight is 243 g/mol. The number of pyridine rings is 1. The Hall–Kier alpha value is -1.13. The highest BCUT2D eigenvalue weighted by atomic mass is 35.5. The van der Waals surface area contributed by atoms with Crippen LogP contribution in [0.3, 0.4) is 0 Å². The lowest BCUT2D eigenvalue weighted by Crippen LogP contribution is -2.37. The summed E-state index contributed by atoms with van der Waals surface area (Å²) < 4.78 is 0. The molecule has 1 rings (SSSR count). The zero-order chi connectivity index (χ0) is 12.1. The smallest absolute Gasteiger partial charge is 0.254 e. The lowest BCUT2D eigenvalue weighted by atomic mass is 10.2. The Morgan fingerprint density at radius 2 is 2.38 bits per heavy atom. The molecule has 0 radical (unpaired) electrons. The van der Waals surface area contributed by atoms with Gasteiger partial charge < -0.3 is 10.4 Å². The molecule has 0 bridgehead atoms. The van der Waals surface area contributed by atoms with Crippen molar-refractivity contribution in [1.82, 2.24) is 10.3 Å². The number of aryl methyl sites for hydroxylation is 1. The van der Waals surface area contributed by atoms with E-state index in [2.05, 4.69) is 10.3 Å². The first-order valence-electron chi connectivity index (χ1n) is 5.12. The van der Waals surface area contributed by atoms with Crippen LogP contribution in [0, 0.1) is 6.92 Å². The molecule has 0 saturated carbocycles. The number of aromatic nitrogens is 1. The van der Waals surface area contributed by atoms with Gasteiger partial charge >= 0.3 is 0 Å². The highest BCUT2D eigenvalue weighted by molar-refractivity contribution is 6.33. The summed E-state index contributed by atoms with van der Waals surface area (Å²) >= 11 is 5.93. The number of carbonyl (C=O) groups excluding carboxylic acids is 1. The fourth-order valence-corrected chi connectivity index (χ4v) is 1.53. The number of nitrogens with zero attached hydrogens (tertiary/aromatic N) is 1. The van der Waals surface area contributed by atoms with Gasteiger partial charge in [-0.3, -0.25) is 9.78 Å². The molecule has 1 amide bonds. The topological polar surface area (TPSA) is 62.2 Å². The SMILES string of the molecule is CC[C@H](CO)NC(=O)c1cnc(C)cc1Cl. The molecule has 0 aliphatic heterocycles. The highest BCUT2D eigenvalue weighted by Crippen LogP contribution is 2.15. The Balaban J connectivity index is 2.80. The molecule has 0 unspecified atom stereocenters. The van der Waals surface area contributed by atoms with Crippen LogP contribution in [0.15, 0.2) is 12.3 Å². The van der Waals surface area contributed by atoms with Crippen molar-refractivity contribution < 1.29 is 9.90 Å². The Morgan fingerprint density at radius 3 is 2.88 bits per heavy atom. The zero-order valence-corrected chi connectivity index (χ0v) is 10.1. The van der Waals surface area contributed by atoms with Gasteiger partial charge in [0.05, 0.1) is 23.2 Å². The second-order valence-corrected chi connectivity index (χ2v) is 3.97. The lowest BCUT2D eigenvalue weighted by Gasteiger charge is -2.14. The highest BCUT2D eigenvalue weighted by Gasteiger charge is 2.14. The third kappa shape index (κ3) is 3.18. The van der Waals surface area contributed by atoms with Gasteiger partial charge in [-0.1, -0.05) is 18.5 Å². The van der Waals surface area contributed by atoms with Gasteiger partial charge in [0.25, 0.3) is 5.91 Å². The largest absolute Gasteiger partial charge is 0.394 e. The fraction of sp³-hybridized carbons (Fsp3) is 0.455. The maximum absolute atomic E-state index is 11.8. The number of hydrogen-bond acceptors (Lipinski definition) is 3. The predicted molar refractivity (Wildman–Crippen MR) is 62.6 cm³/mol. The van der Waals surface area contributed by atoms with E-state index >= 15 is 0 Å². The van der Waals surface area contributed by atoms with Crippen molar-refractivity contribution in [2.24, 2.45) is 0 Å². The van der Waals surface area contributed by atoms with Gasteiger partial charge in [-0.05, 0) is 19.4 Å². The standard InChI is InChI=1S/C11H15ClN2O2/c1-3-8(6-15)14-11(16)9-5-13-7(2)4-10(9)12/h4-5,8,15H,3,6H2,1-2H3,(H,14,16)/t8-/m1/s1. The summed E-state index contributed by atoms with van der Waals surface area (Å²) in [6, 6.07) is 1.39. The van der Waals surface area contributed by atoms with Crippen LogP contribution < -0.4 is 5.32 Å². The summed E-state index contributed by atoms with van der Waals surface area (Å²) in [6.07, 6.45) is 2.11. The maximum Gasteiger partial charge on any atom is 0.254 e. The van der Waals surface area contributed by atoms with Gasteiger partial charge in [0.2, 0.25) is 0 Å². The van der Waals surface area contributed by atoms with E-state index in [1.54, 1.807) is 13.0 Å². The van der Waals surface area contributed by atoms with E-state index < -0.39 is 0 Å². The van der Waals surface area contributed by atoms with Gasteiger partial charge in [0.1, 0.15) is 0 Å². The van der Waals surface area contributed by atoms with Crippen LogP contribution in [-0.2, 0) is 0 Å². The lowest BCUT2D eigenvalue weighted by molar-refractivity contribution is 0.0914. The molecule has 1 aromatic heterocycles. The van der Waals surface area contributed by atoms with Crippen molar-refractivity contribution in [2.45, 2.75) is 26.3 Å². The van der Waals surface area contributed by atoms with E-state index in [4.69, 9.17) is 16.7 Å². The molecule has 0 spiro atoms. The Morgan fingerprint density at radius 1 is 1.69 bits per heavy atom. The number of carbonyl (C=O) groups is 1. The van der Waals surface area contributed by atoms with Crippen molar-refractivity contribution >= 4 is 17.5 Å². The van der Waals surface area contributed by atoms with Crippen molar-refractivity contribution in [2.75, 3.05) is 6.61 Å². The molecule has 0 aliphatic rings. The number of hydrogen-bond donors (Lipinski definition) is 2. The summed E-state index contributed by atoms with van der Waals surface area (Å²) in [5.74, 6) is -0.307. The molecule has 1 aromatic rings. The van der Waals surface area contributed by atoms with Crippen LogP contribution in [0.25, 0.3) is 0 Å². The molecule has 0 fully saturated rings. The van der Waals surface area contributed by atoms with Gasteiger partial charge in [0.15, 0.2) is 0 Å². The van der Waals surface area contributed by atoms with Crippen LogP contribution in [0.4, 0.5) is 0 Å². The number of rotatable bonds is 4. The number of nitrogens with one attached hydrogen (secondary N) is 1. The molecule has 0 aliphatic carbocycles. The van der Waals surface area contributed by atoms with E-state index in [0.29, 0.717) is 17.0 Å². The first kappa shape index (κ1) is 12.9. The monoisotopic (exact) mass is 242 g/mol. The molecule has 4 nitrogen and oxygen atoms in total. The zero-order valence-electron chi connectivity index (χ0n) is 9.33. The van der Waals surface area contributed by atoms with Crippen LogP contribution >= 0.6 is 11.6 Å². The predicted octanol–water partition coefficient (Wildman–Crippen LogP) is 1.54. The summed E-state index contributed by atoms with van der Waals surface area (Å²) in [7, 11) is 0. The van der Waals surface area contributed by atoms with E-state index in [-0.39, 0.29) is 18.6 Å². The van der Waals surface area contributed by atoms with Crippen LogP contribution in [0.5, 0.6) is 0 Å². The molecule has 88 valence electrons. The molecule has 1 atom stereocenters. The molecule has 1 heterocycles. The van der Waals surface area contributed by atoms with E-state index in [1.165, 1.54) is 6.20 Å². The fourth-order valence-electron chi connectivity index (χ4n) is 1.23. The van der Waals surface area contributed by atoms with Gasteiger partial charge in [0, 0.05) is 11.9 Å². The summed E-state index contributed by atoms with van der Waals surface area (Å²) in [5, 5.41) is 12.0. The maximum atomic E-state index is 11.8. The van der Waals surface area contributed by atoms with E-state index in [1.807, 2.05) is 6.92 Å². The molecule has 0 aromatic carbocycles. The minimum absolute atomic E-state index is 0.0842. The van der Waals surface area contributed by atoms with Crippen molar-refractivity contribution in [3.8, 4) is 0 Å². The normalized spacial score (nSPS) is 12.2. The van der Waals surface area contributed by atoms with Gasteiger partial charge in [-0.25, -0.2) is 0 Å². The summed E-state index contributed by atoms with van der Waals surface area (Å²) in [6.45, 7) is 3.60. The first-order valence-corrected chi connectivity index (χ1v) is 5.50. The van der Waals surface area contributed by atoms with Crippen LogP contribution in [0.2, 0.25) is 5.02 Å². The quantitative estimate of drug-likeness (QED) is 0.842. The average Bonchev–Trinajstić information content (AvgIpc) is 2.25. The van der Waals surface area contributed by atoms with Crippen molar-refractivity contribution in [3.05, 3.63) is 28.5 Å².